The SMILES string of the molecule is CC/C=C\C/C=C\C/C=C\C/C=C\C/C=C\C/C=C\C/C=C\C/C=C\CCCCCCCCCCC(=O)NC(COC1OC(CO)C(OC2OC(CO)C(OC3OC(CO)C(O)C(O)C3O)C(O)C2O)C(O)C1O)C(O)CCCCCCCCCCCCCCCCCCCCCCCCCC. The van der Waals surface area contributed by atoms with Crippen LogP contribution >= 0.6 is 0 Å². The second-order valence-corrected chi connectivity index (χ2v) is 28.5. The fourth-order valence-electron chi connectivity index (χ4n) is 13.2. The smallest absolute Gasteiger partial charge is 0.220 e. The van der Waals surface area contributed by atoms with Crippen LogP contribution in [0, 0.1) is 0 Å². The van der Waals surface area contributed by atoms with Gasteiger partial charge >= 0.3 is 0 Å². The summed E-state index contributed by atoms with van der Waals surface area (Å²) < 4.78 is 34.5. The molecule has 17 unspecified atom stereocenters. The molecule has 3 saturated heterocycles. The molecular formula is C83H145NO18. The van der Waals surface area contributed by atoms with Crippen LogP contribution < -0.4 is 5.32 Å². The van der Waals surface area contributed by atoms with Crippen LogP contribution in [0.4, 0.5) is 0 Å². The van der Waals surface area contributed by atoms with Crippen molar-refractivity contribution in [3.05, 3.63) is 97.2 Å². The van der Waals surface area contributed by atoms with E-state index in [1.165, 1.54) is 141 Å². The molecule has 0 bridgehead atoms. The average molecular weight is 1450 g/mol. The van der Waals surface area contributed by atoms with Crippen LogP contribution in [0.5, 0.6) is 0 Å². The maximum absolute atomic E-state index is 13.5. The largest absolute Gasteiger partial charge is 0.394 e. The minimum absolute atomic E-state index is 0.251. The van der Waals surface area contributed by atoms with Crippen LogP contribution in [-0.2, 0) is 33.2 Å². The van der Waals surface area contributed by atoms with Gasteiger partial charge in [0.2, 0.25) is 5.91 Å². The molecule has 102 heavy (non-hydrogen) atoms. The first-order chi connectivity index (χ1) is 49.8. The van der Waals surface area contributed by atoms with Crippen molar-refractivity contribution in [1.82, 2.24) is 5.32 Å². The van der Waals surface area contributed by atoms with E-state index in [9.17, 15) is 61.0 Å². The van der Waals surface area contributed by atoms with Crippen molar-refractivity contribution in [3.8, 4) is 0 Å². The monoisotopic (exact) mass is 1440 g/mol. The molecule has 3 aliphatic rings. The summed E-state index contributed by atoms with van der Waals surface area (Å²) in [7, 11) is 0. The Hall–Kier alpha value is -3.29. The molecule has 1 amide bonds. The van der Waals surface area contributed by atoms with E-state index in [1.807, 2.05) is 0 Å². The Kier molecular flexibility index (Phi) is 57.1. The van der Waals surface area contributed by atoms with Crippen LogP contribution in [-0.4, -0.2) is 193 Å². The second kappa shape index (κ2) is 62.7. The van der Waals surface area contributed by atoms with E-state index in [1.54, 1.807) is 0 Å². The fourth-order valence-corrected chi connectivity index (χ4v) is 13.2. The number of carbonyl (C=O) groups is 1. The third-order valence-corrected chi connectivity index (χ3v) is 19.7. The third-order valence-electron chi connectivity index (χ3n) is 19.7. The Labute approximate surface area is 615 Å². The molecule has 0 aromatic carbocycles. The Bertz CT molecular complexity index is 2220. The number of aliphatic hydroxyl groups excluding tert-OH is 11. The van der Waals surface area contributed by atoms with Gasteiger partial charge in [-0.15, -0.1) is 0 Å². The number of rotatable bonds is 63. The first-order valence-corrected chi connectivity index (χ1v) is 40.5. The highest BCUT2D eigenvalue weighted by Gasteiger charge is 2.54. The third kappa shape index (κ3) is 42.3. The number of hydrogen-bond donors (Lipinski definition) is 12. The van der Waals surface area contributed by atoms with Gasteiger partial charge in [0.25, 0.3) is 0 Å². The van der Waals surface area contributed by atoms with Gasteiger partial charge in [-0.05, 0) is 77.0 Å². The lowest BCUT2D eigenvalue weighted by Gasteiger charge is -2.48. The van der Waals surface area contributed by atoms with E-state index in [0.29, 0.717) is 12.8 Å². The van der Waals surface area contributed by atoms with Crippen molar-refractivity contribution < 1.29 is 89.4 Å². The predicted octanol–water partition coefficient (Wildman–Crippen LogP) is 13.6. The number of unbranched alkanes of at least 4 members (excludes halogenated alkanes) is 31. The van der Waals surface area contributed by atoms with Gasteiger partial charge in [-0.2, -0.15) is 0 Å². The summed E-state index contributed by atoms with van der Waals surface area (Å²) in [5, 5.41) is 121. The number of aliphatic hydroxyl groups is 11. The fraction of sp³-hybridized carbons (Fsp3) is 0.795. The van der Waals surface area contributed by atoms with Gasteiger partial charge < -0.3 is 89.9 Å². The summed E-state index contributed by atoms with van der Waals surface area (Å²) in [6, 6.07) is -0.900. The van der Waals surface area contributed by atoms with Crippen LogP contribution in [0.2, 0.25) is 0 Å². The molecule has 0 saturated carbocycles. The van der Waals surface area contributed by atoms with Gasteiger partial charge in [0.05, 0.1) is 38.6 Å². The molecule has 3 aliphatic heterocycles. The highest BCUT2D eigenvalue weighted by Crippen LogP contribution is 2.33. The van der Waals surface area contributed by atoms with Gasteiger partial charge in [-0.3, -0.25) is 4.79 Å². The Balaban J connectivity index is 1.38. The van der Waals surface area contributed by atoms with Crippen molar-refractivity contribution in [1.29, 1.82) is 0 Å². The van der Waals surface area contributed by atoms with Gasteiger partial charge in [-0.1, -0.05) is 304 Å². The standard InChI is InChI=1S/C83H145NO18/c1-3-5-7-9-11-13-15-17-19-21-23-25-27-29-30-31-32-33-34-35-36-37-39-41-43-45-47-49-51-53-55-57-59-61-71(89)84-66(67(88)60-58-56-54-52-50-48-46-44-42-40-38-28-26-24-22-20-18-16-14-12-10-8-6-4-2)65-97-81-77(95)74(92)79(69(63-86)99-81)102-83-78(96)75(93)80(70(64-87)100-83)101-82-76(94)73(91)72(90)68(62-85)98-82/h5,7,11,13,17,19,23,25,29-30,32-33,35-36,39,41,66-70,72-83,85-88,90-96H,3-4,6,8-10,12,14-16,18,20-22,24,26-28,31,34,37-38,40,42-65H2,1-2H3,(H,84,89)/b7-5-,13-11-,19-17-,25-23-,30-29-,33-32-,36-35-,41-39-. The second-order valence-electron chi connectivity index (χ2n) is 28.5. The number of amides is 1. The summed E-state index contributed by atoms with van der Waals surface area (Å²) in [5.74, 6) is -0.252. The summed E-state index contributed by atoms with van der Waals surface area (Å²) in [5.41, 5.74) is 0. The maximum Gasteiger partial charge on any atom is 0.220 e. The highest BCUT2D eigenvalue weighted by atomic mass is 16.8. The van der Waals surface area contributed by atoms with E-state index >= 15 is 0 Å². The lowest BCUT2D eigenvalue weighted by molar-refractivity contribution is -0.379. The van der Waals surface area contributed by atoms with Crippen molar-refractivity contribution in [2.24, 2.45) is 0 Å². The van der Waals surface area contributed by atoms with E-state index in [0.717, 1.165) is 116 Å². The van der Waals surface area contributed by atoms with Crippen molar-refractivity contribution in [2.45, 2.75) is 394 Å². The number of carbonyl (C=O) groups excluding carboxylic acids is 1. The van der Waals surface area contributed by atoms with E-state index < -0.39 is 124 Å². The summed E-state index contributed by atoms with van der Waals surface area (Å²) in [4.78, 5) is 13.5. The quantitative estimate of drug-likeness (QED) is 0.0199. The zero-order chi connectivity index (χ0) is 73.9. The van der Waals surface area contributed by atoms with Gasteiger partial charge in [0.1, 0.15) is 73.2 Å². The molecule has 590 valence electrons. The molecular weight excluding hydrogens is 1300 g/mol. The van der Waals surface area contributed by atoms with E-state index in [4.69, 9.17) is 28.4 Å². The van der Waals surface area contributed by atoms with Crippen molar-refractivity contribution in [3.63, 3.8) is 0 Å². The molecule has 3 rings (SSSR count). The molecule has 3 heterocycles. The molecule has 0 aromatic rings. The first-order valence-electron chi connectivity index (χ1n) is 40.5. The number of ether oxygens (including phenoxy) is 6. The minimum Gasteiger partial charge on any atom is -0.394 e. The van der Waals surface area contributed by atoms with Crippen LogP contribution in [0.25, 0.3) is 0 Å². The maximum atomic E-state index is 13.5. The molecule has 17 atom stereocenters. The van der Waals surface area contributed by atoms with Crippen LogP contribution in [0.3, 0.4) is 0 Å². The number of allylic oxidation sites excluding steroid dienone is 16. The van der Waals surface area contributed by atoms with Gasteiger partial charge in [0.15, 0.2) is 18.9 Å². The summed E-state index contributed by atoms with van der Waals surface area (Å²) in [6.07, 6.45) is 57.6. The topological polar surface area (TPSA) is 307 Å². The number of hydrogen-bond acceptors (Lipinski definition) is 18. The minimum atomic E-state index is -1.98. The van der Waals surface area contributed by atoms with Crippen LogP contribution in [0.15, 0.2) is 97.2 Å². The molecule has 0 radical (unpaired) electrons. The molecule has 19 heteroatoms. The lowest BCUT2D eigenvalue weighted by Crippen LogP contribution is -2.66. The zero-order valence-electron chi connectivity index (χ0n) is 63.1. The number of nitrogens with one attached hydrogen (secondary N) is 1. The van der Waals surface area contributed by atoms with E-state index in [-0.39, 0.29) is 18.9 Å². The van der Waals surface area contributed by atoms with Crippen molar-refractivity contribution >= 4 is 5.91 Å². The molecule has 0 aromatic heterocycles. The Morgan fingerprint density at radius 3 is 1.06 bits per heavy atom. The highest BCUT2D eigenvalue weighted by molar-refractivity contribution is 5.76. The first kappa shape index (κ1) is 92.9. The zero-order valence-corrected chi connectivity index (χ0v) is 63.1. The Morgan fingerprint density at radius 2 is 0.676 bits per heavy atom. The van der Waals surface area contributed by atoms with Gasteiger partial charge in [0, 0.05) is 6.42 Å². The lowest BCUT2D eigenvalue weighted by atomic mass is 9.96. The normalized spacial score (nSPS) is 26.7. The van der Waals surface area contributed by atoms with Gasteiger partial charge in [-0.25, -0.2) is 0 Å². The molecule has 0 aliphatic carbocycles. The molecule has 12 N–H and O–H groups in total. The van der Waals surface area contributed by atoms with Crippen LogP contribution in [0.1, 0.15) is 290 Å². The molecule has 0 spiro atoms. The summed E-state index contributed by atoms with van der Waals surface area (Å²) >= 11 is 0. The average Bonchev–Trinajstić information content (AvgIpc) is 0.781. The molecule has 19 nitrogen and oxygen atoms in total. The van der Waals surface area contributed by atoms with E-state index in [2.05, 4.69) is 116 Å². The summed E-state index contributed by atoms with van der Waals surface area (Å²) in [6.45, 7) is 1.71. The molecule has 3 fully saturated rings. The Morgan fingerprint density at radius 1 is 0.363 bits per heavy atom. The predicted molar refractivity (Wildman–Crippen MR) is 406 cm³/mol. The van der Waals surface area contributed by atoms with Crippen molar-refractivity contribution in [2.75, 3.05) is 26.4 Å².